The van der Waals surface area contributed by atoms with Crippen LogP contribution in [0.25, 0.3) is 0 Å². The molecule has 1 heterocycles. The Morgan fingerprint density at radius 1 is 0.763 bits per heavy atom. The fraction of sp³-hybridized carbons (Fsp3) is 0.115. The molecule has 4 rings (SSSR count). The molecule has 0 aliphatic carbocycles. The van der Waals surface area contributed by atoms with Gasteiger partial charge in [0, 0.05) is 23.1 Å². The van der Waals surface area contributed by atoms with Crippen molar-refractivity contribution in [2.24, 2.45) is 0 Å². The van der Waals surface area contributed by atoms with Crippen molar-refractivity contribution in [1.82, 2.24) is 9.97 Å². The van der Waals surface area contributed by atoms with E-state index >= 15 is 0 Å². The van der Waals surface area contributed by atoms with Crippen LogP contribution in [-0.2, 0) is 20.0 Å². The van der Waals surface area contributed by atoms with E-state index in [9.17, 15) is 21.6 Å². The van der Waals surface area contributed by atoms with Crippen molar-refractivity contribution < 1.29 is 21.6 Å². The number of carbonyl (C=O) groups excluding carboxylic acids is 1. The van der Waals surface area contributed by atoms with Crippen LogP contribution < -0.4 is 14.8 Å². The molecule has 196 valence electrons. The van der Waals surface area contributed by atoms with E-state index in [1.165, 1.54) is 42.6 Å². The van der Waals surface area contributed by atoms with Gasteiger partial charge in [-0.05, 0) is 80.4 Å². The maximum Gasteiger partial charge on any atom is 0.264 e. The molecule has 0 aliphatic heterocycles. The lowest BCUT2D eigenvalue weighted by Crippen LogP contribution is -2.18. The summed E-state index contributed by atoms with van der Waals surface area (Å²) in [5.41, 5.74) is 2.73. The predicted molar refractivity (Wildman–Crippen MR) is 145 cm³/mol. The second kappa shape index (κ2) is 10.6. The third-order valence-corrected chi connectivity index (χ3v) is 8.42. The highest BCUT2D eigenvalue weighted by Crippen LogP contribution is 2.24. The Labute approximate surface area is 221 Å². The molecule has 38 heavy (non-hydrogen) atoms. The van der Waals surface area contributed by atoms with Crippen molar-refractivity contribution in [1.29, 1.82) is 0 Å². The summed E-state index contributed by atoms with van der Waals surface area (Å²) in [7, 11) is -7.90. The van der Waals surface area contributed by atoms with Gasteiger partial charge in [-0.3, -0.25) is 9.52 Å². The van der Waals surface area contributed by atoms with Gasteiger partial charge in [0.15, 0.2) is 0 Å². The van der Waals surface area contributed by atoms with E-state index in [0.717, 1.165) is 5.56 Å². The molecule has 0 unspecified atom stereocenters. The number of hydrogen-bond acceptors (Lipinski definition) is 7. The normalized spacial score (nSPS) is 11.6. The monoisotopic (exact) mass is 551 g/mol. The summed E-state index contributed by atoms with van der Waals surface area (Å²) in [6.07, 6.45) is 1.44. The number of sulfonamides is 2. The standard InChI is InChI=1S/C26H25N5O5S2/c1-17-6-4-5-7-23(17)30-38(35,36)24-16-20(9-8-18(24)2)25(32)29-21-10-12-22(13-11-21)37(33,34)31-26-27-15-14-19(3)28-26/h4-16,30H,1-3H3,(H,29,32)(H,27,28,31). The number of nitrogens with one attached hydrogen (secondary N) is 3. The second-order valence-electron chi connectivity index (χ2n) is 8.51. The number of aryl methyl sites for hydroxylation is 3. The van der Waals surface area contributed by atoms with Gasteiger partial charge in [0.1, 0.15) is 0 Å². The minimum atomic E-state index is -3.96. The molecule has 1 aromatic heterocycles. The average molecular weight is 552 g/mol. The summed E-state index contributed by atoms with van der Waals surface area (Å²) in [6.45, 7) is 5.14. The van der Waals surface area contributed by atoms with Crippen molar-refractivity contribution >= 4 is 43.3 Å². The predicted octanol–water partition coefficient (Wildman–Crippen LogP) is 4.26. The fourth-order valence-corrected chi connectivity index (χ4v) is 5.87. The first-order valence-corrected chi connectivity index (χ1v) is 14.3. The molecule has 3 aromatic carbocycles. The Balaban J connectivity index is 1.50. The quantitative estimate of drug-likeness (QED) is 0.296. The van der Waals surface area contributed by atoms with Crippen LogP contribution >= 0.6 is 0 Å². The van der Waals surface area contributed by atoms with Crippen molar-refractivity contribution in [3.8, 4) is 0 Å². The molecular formula is C26H25N5O5S2. The molecule has 3 N–H and O–H groups in total. The molecule has 0 fully saturated rings. The topological polar surface area (TPSA) is 147 Å². The van der Waals surface area contributed by atoms with E-state index in [0.29, 0.717) is 22.6 Å². The summed E-state index contributed by atoms with van der Waals surface area (Å²) in [6, 6.07) is 18.5. The molecule has 0 spiro atoms. The van der Waals surface area contributed by atoms with Gasteiger partial charge in [-0.1, -0.05) is 24.3 Å². The van der Waals surface area contributed by atoms with Crippen molar-refractivity contribution in [2.75, 3.05) is 14.8 Å². The highest BCUT2D eigenvalue weighted by Gasteiger charge is 2.21. The zero-order chi connectivity index (χ0) is 27.5. The summed E-state index contributed by atoms with van der Waals surface area (Å²) < 4.78 is 56.3. The Kier molecular flexibility index (Phi) is 7.46. The van der Waals surface area contributed by atoms with E-state index < -0.39 is 26.0 Å². The molecule has 0 atom stereocenters. The number of para-hydroxylation sites is 1. The van der Waals surface area contributed by atoms with E-state index in [-0.39, 0.29) is 21.3 Å². The molecule has 0 bridgehead atoms. The van der Waals surface area contributed by atoms with Gasteiger partial charge in [-0.25, -0.2) is 31.5 Å². The number of amides is 1. The molecule has 0 saturated carbocycles. The Morgan fingerprint density at radius 3 is 2.16 bits per heavy atom. The Morgan fingerprint density at radius 2 is 1.47 bits per heavy atom. The van der Waals surface area contributed by atoms with Crippen molar-refractivity contribution in [2.45, 2.75) is 30.6 Å². The minimum Gasteiger partial charge on any atom is -0.322 e. The van der Waals surface area contributed by atoms with Crippen LogP contribution in [0.3, 0.4) is 0 Å². The molecule has 0 aliphatic rings. The first-order chi connectivity index (χ1) is 17.9. The van der Waals surface area contributed by atoms with Crippen LogP contribution in [-0.4, -0.2) is 32.7 Å². The highest BCUT2D eigenvalue weighted by molar-refractivity contribution is 7.93. The summed E-state index contributed by atoms with van der Waals surface area (Å²) in [4.78, 5) is 20.7. The van der Waals surface area contributed by atoms with Crippen LogP contribution in [0.4, 0.5) is 17.3 Å². The molecule has 12 heteroatoms. The summed E-state index contributed by atoms with van der Waals surface area (Å²) >= 11 is 0. The van der Waals surface area contributed by atoms with E-state index in [1.54, 1.807) is 57.2 Å². The van der Waals surface area contributed by atoms with Crippen LogP contribution in [0.1, 0.15) is 27.2 Å². The SMILES string of the molecule is Cc1ccnc(NS(=O)(=O)c2ccc(NC(=O)c3ccc(C)c(S(=O)(=O)Nc4ccccc4C)c3)cc2)n1. The smallest absolute Gasteiger partial charge is 0.264 e. The number of nitrogens with zero attached hydrogens (tertiary/aromatic N) is 2. The third-order valence-electron chi connectivity index (χ3n) is 5.57. The number of carbonyl (C=O) groups is 1. The number of rotatable bonds is 8. The molecule has 0 saturated heterocycles. The molecule has 4 aromatic rings. The lowest BCUT2D eigenvalue weighted by atomic mass is 10.1. The minimum absolute atomic E-state index is 0.0284. The molecule has 10 nitrogen and oxygen atoms in total. The average Bonchev–Trinajstić information content (AvgIpc) is 2.85. The van der Waals surface area contributed by atoms with Crippen LogP contribution in [0.5, 0.6) is 0 Å². The first-order valence-electron chi connectivity index (χ1n) is 11.4. The lowest BCUT2D eigenvalue weighted by Gasteiger charge is -2.14. The van der Waals surface area contributed by atoms with E-state index in [1.807, 2.05) is 0 Å². The zero-order valence-electron chi connectivity index (χ0n) is 20.8. The van der Waals surface area contributed by atoms with Gasteiger partial charge in [0.2, 0.25) is 5.95 Å². The Hall–Kier alpha value is -4.29. The van der Waals surface area contributed by atoms with Crippen molar-refractivity contribution in [3.05, 3.63) is 101 Å². The largest absolute Gasteiger partial charge is 0.322 e. The number of aromatic nitrogens is 2. The van der Waals surface area contributed by atoms with Gasteiger partial charge < -0.3 is 5.32 Å². The second-order valence-corrected chi connectivity index (χ2v) is 11.8. The fourth-order valence-electron chi connectivity index (χ4n) is 3.52. The van der Waals surface area contributed by atoms with Crippen LogP contribution in [0.15, 0.2) is 88.8 Å². The molecule has 1 amide bonds. The lowest BCUT2D eigenvalue weighted by molar-refractivity contribution is 0.102. The maximum atomic E-state index is 13.1. The summed E-state index contributed by atoms with van der Waals surface area (Å²) in [5, 5.41) is 2.66. The first kappa shape index (κ1) is 26.8. The van der Waals surface area contributed by atoms with Crippen LogP contribution in [0, 0.1) is 20.8 Å². The number of benzene rings is 3. The zero-order valence-corrected chi connectivity index (χ0v) is 22.4. The van der Waals surface area contributed by atoms with E-state index in [2.05, 4.69) is 24.7 Å². The summed E-state index contributed by atoms with van der Waals surface area (Å²) in [5.74, 6) is -0.608. The van der Waals surface area contributed by atoms with Gasteiger partial charge in [-0.2, -0.15) is 0 Å². The van der Waals surface area contributed by atoms with Gasteiger partial charge in [-0.15, -0.1) is 0 Å². The van der Waals surface area contributed by atoms with Gasteiger partial charge in [0.05, 0.1) is 15.5 Å². The number of hydrogen-bond donors (Lipinski definition) is 3. The number of anilines is 3. The van der Waals surface area contributed by atoms with Crippen LogP contribution in [0.2, 0.25) is 0 Å². The molecule has 0 radical (unpaired) electrons. The maximum absolute atomic E-state index is 13.1. The Bertz CT molecular complexity index is 1720. The molecular weight excluding hydrogens is 526 g/mol. The third kappa shape index (κ3) is 6.15. The van der Waals surface area contributed by atoms with E-state index in [4.69, 9.17) is 0 Å². The van der Waals surface area contributed by atoms with Gasteiger partial charge in [0.25, 0.3) is 26.0 Å². The van der Waals surface area contributed by atoms with Crippen molar-refractivity contribution in [3.63, 3.8) is 0 Å². The van der Waals surface area contributed by atoms with Gasteiger partial charge >= 0.3 is 0 Å². The highest BCUT2D eigenvalue weighted by atomic mass is 32.2.